The number of rotatable bonds is 7. The van der Waals surface area contributed by atoms with Crippen molar-refractivity contribution in [2.24, 2.45) is 0 Å². The van der Waals surface area contributed by atoms with E-state index in [0.29, 0.717) is 25.4 Å². The van der Waals surface area contributed by atoms with Crippen LogP contribution in [-0.2, 0) is 14.4 Å². The summed E-state index contributed by atoms with van der Waals surface area (Å²) in [5, 5.41) is 5.58. The standard InChI is InChI=1S/C26H39N5O5/c1-3-31-16-17-36-22-11-5-4-10-20(22)25(34)28-21(18-23(32)29(2)19-24(31)33)26(35)27-12-6-7-13-30-14-8-9-15-30/h4-5,10-11,21H,3,6-9,12-19H2,1-2H3,(H,27,35)(H,28,34)/t21-/m0/s1. The summed E-state index contributed by atoms with van der Waals surface area (Å²) in [6.07, 6.45) is 4.03. The monoisotopic (exact) mass is 501 g/mol. The molecule has 1 atom stereocenters. The Balaban J connectivity index is 1.69. The first kappa shape index (κ1) is 27.4. The third kappa shape index (κ3) is 7.94. The second kappa shape index (κ2) is 13.8. The highest BCUT2D eigenvalue weighted by molar-refractivity contribution is 6.00. The lowest BCUT2D eigenvalue weighted by Gasteiger charge is -2.27. The molecule has 10 nitrogen and oxygen atoms in total. The Morgan fingerprint density at radius 1 is 1.08 bits per heavy atom. The first-order valence-electron chi connectivity index (χ1n) is 12.9. The SMILES string of the molecule is CCN1CCOc2ccccc2C(=O)N[C@H](C(=O)NCCCCN2CCCC2)CC(=O)N(C)CC1=O. The summed E-state index contributed by atoms with van der Waals surface area (Å²) in [4.78, 5) is 57.1. The predicted molar refractivity (Wildman–Crippen MR) is 136 cm³/mol. The Labute approximate surface area is 213 Å². The first-order valence-corrected chi connectivity index (χ1v) is 12.9. The average Bonchev–Trinajstić information content (AvgIpc) is 3.39. The topological polar surface area (TPSA) is 111 Å². The lowest BCUT2D eigenvalue weighted by Crippen LogP contribution is -2.50. The Bertz CT molecular complexity index is 918. The molecule has 1 saturated heterocycles. The van der Waals surface area contributed by atoms with Gasteiger partial charge in [0.1, 0.15) is 18.4 Å². The molecule has 2 aliphatic rings. The second-order valence-electron chi connectivity index (χ2n) is 9.34. The Hall–Kier alpha value is -3.14. The van der Waals surface area contributed by atoms with Gasteiger partial charge in [0.2, 0.25) is 17.7 Å². The van der Waals surface area contributed by atoms with Crippen molar-refractivity contribution in [1.29, 1.82) is 0 Å². The van der Waals surface area contributed by atoms with E-state index in [4.69, 9.17) is 4.74 Å². The third-order valence-electron chi connectivity index (χ3n) is 6.68. The van der Waals surface area contributed by atoms with Gasteiger partial charge in [-0.1, -0.05) is 12.1 Å². The molecule has 0 unspecified atom stereocenters. The maximum Gasteiger partial charge on any atom is 0.255 e. The number of nitrogens with zero attached hydrogens (tertiary/aromatic N) is 3. The van der Waals surface area contributed by atoms with E-state index in [0.717, 1.165) is 32.5 Å². The number of likely N-dealkylation sites (N-methyl/N-ethyl adjacent to an activating group) is 2. The number of nitrogens with one attached hydrogen (secondary N) is 2. The highest BCUT2D eigenvalue weighted by Crippen LogP contribution is 2.19. The number of ether oxygens (including phenoxy) is 1. The van der Waals surface area contributed by atoms with E-state index < -0.39 is 23.8 Å². The molecule has 0 aromatic heterocycles. The van der Waals surface area contributed by atoms with Crippen molar-refractivity contribution in [3.05, 3.63) is 29.8 Å². The fourth-order valence-corrected chi connectivity index (χ4v) is 4.47. The van der Waals surface area contributed by atoms with Crippen LogP contribution in [-0.4, -0.2) is 104 Å². The number of fused-ring (bicyclic) bond motifs is 1. The minimum absolute atomic E-state index is 0.109. The molecule has 0 spiro atoms. The van der Waals surface area contributed by atoms with E-state index in [1.165, 1.54) is 24.8 Å². The van der Waals surface area contributed by atoms with Crippen molar-refractivity contribution in [1.82, 2.24) is 25.3 Å². The number of benzene rings is 1. The van der Waals surface area contributed by atoms with Gasteiger partial charge in [0, 0.05) is 20.1 Å². The number of hydrogen-bond donors (Lipinski definition) is 2. The lowest BCUT2D eigenvalue weighted by atomic mass is 10.1. The van der Waals surface area contributed by atoms with Gasteiger partial charge in [0.15, 0.2) is 0 Å². The van der Waals surface area contributed by atoms with Gasteiger partial charge in [-0.2, -0.15) is 0 Å². The summed E-state index contributed by atoms with van der Waals surface area (Å²) < 4.78 is 5.82. The van der Waals surface area contributed by atoms with E-state index in [1.807, 2.05) is 6.92 Å². The van der Waals surface area contributed by atoms with Gasteiger partial charge in [-0.25, -0.2) is 0 Å². The average molecular weight is 502 g/mol. The molecular weight excluding hydrogens is 462 g/mol. The predicted octanol–water partition coefficient (Wildman–Crippen LogP) is 0.867. The normalized spacial score (nSPS) is 20.4. The molecule has 36 heavy (non-hydrogen) atoms. The highest BCUT2D eigenvalue weighted by Gasteiger charge is 2.28. The summed E-state index contributed by atoms with van der Waals surface area (Å²) in [5.74, 6) is -1.14. The van der Waals surface area contributed by atoms with Crippen LogP contribution in [0.15, 0.2) is 24.3 Å². The van der Waals surface area contributed by atoms with Crippen LogP contribution in [0.25, 0.3) is 0 Å². The maximum atomic E-state index is 13.1. The molecule has 3 rings (SSSR count). The fraction of sp³-hybridized carbons (Fsp3) is 0.615. The third-order valence-corrected chi connectivity index (χ3v) is 6.68. The van der Waals surface area contributed by atoms with Crippen molar-refractivity contribution >= 4 is 23.6 Å². The van der Waals surface area contributed by atoms with Gasteiger partial charge in [0.05, 0.1) is 25.1 Å². The number of para-hydroxylation sites is 1. The van der Waals surface area contributed by atoms with Crippen LogP contribution >= 0.6 is 0 Å². The van der Waals surface area contributed by atoms with E-state index in [-0.39, 0.29) is 31.0 Å². The van der Waals surface area contributed by atoms with Crippen LogP contribution in [0.5, 0.6) is 5.75 Å². The molecule has 2 heterocycles. The molecular formula is C26H39N5O5. The molecule has 2 N–H and O–H groups in total. The fourth-order valence-electron chi connectivity index (χ4n) is 4.47. The van der Waals surface area contributed by atoms with Gasteiger partial charge >= 0.3 is 0 Å². The van der Waals surface area contributed by atoms with Crippen molar-refractivity contribution in [3.8, 4) is 5.75 Å². The van der Waals surface area contributed by atoms with Crippen molar-refractivity contribution in [3.63, 3.8) is 0 Å². The van der Waals surface area contributed by atoms with Crippen molar-refractivity contribution in [2.45, 2.75) is 45.1 Å². The largest absolute Gasteiger partial charge is 0.491 e. The summed E-state index contributed by atoms with van der Waals surface area (Å²) in [6.45, 7) is 6.50. The summed E-state index contributed by atoms with van der Waals surface area (Å²) >= 11 is 0. The number of amides is 4. The highest BCUT2D eigenvalue weighted by atomic mass is 16.5. The lowest BCUT2D eigenvalue weighted by molar-refractivity contribution is -0.140. The molecule has 1 aromatic carbocycles. The minimum Gasteiger partial charge on any atom is -0.491 e. The van der Waals surface area contributed by atoms with E-state index in [1.54, 1.807) is 29.2 Å². The molecule has 0 saturated carbocycles. The van der Waals surface area contributed by atoms with Gasteiger partial charge in [0.25, 0.3) is 5.91 Å². The zero-order valence-corrected chi connectivity index (χ0v) is 21.5. The molecule has 0 bridgehead atoms. The number of carbonyl (C=O) groups is 4. The van der Waals surface area contributed by atoms with E-state index in [9.17, 15) is 19.2 Å². The van der Waals surface area contributed by atoms with Crippen molar-refractivity contribution in [2.75, 3.05) is 59.5 Å². The number of unbranched alkanes of at least 4 members (excludes halogenated alkanes) is 1. The van der Waals surface area contributed by atoms with Crippen LogP contribution in [0.2, 0.25) is 0 Å². The summed E-state index contributed by atoms with van der Waals surface area (Å²) in [5.41, 5.74) is 0.271. The molecule has 0 aliphatic carbocycles. The van der Waals surface area contributed by atoms with Crippen LogP contribution in [0.4, 0.5) is 0 Å². The molecule has 10 heteroatoms. The van der Waals surface area contributed by atoms with E-state index in [2.05, 4.69) is 15.5 Å². The Morgan fingerprint density at radius 2 is 1.83 bits per heavy atom. The maximum absolute atomic E-state index is 13.1. The smallest absolute Gasteiger partial charge is 0.255 e. The first-order chi connectivity index (χ1) is 17.4. The number of likely N-dealkylation sites (tertiary alicyclic amines) is 1. The summed E-state index contributed by atoms with van der Waals surface area (Å²) in [6, 6.07) is 5.68. The Morgan fingerprint density at radius 3 is 2.58 bits per heavy atom. The number of hydrogen-bond acceptors (Lipinski definition) is 6. The molecule has 198 valence electrons. The minimum atomic E-state index is -1.07. The van der Waals surface area contributed by atoms with Crippen LogP contribution in [0.1, 0.15) is 49.4 Å². The number of carbonyl (C=O) groups excluding carboxylic acids is 4. The van der Waals surface area contributed by atoms with Crippen LogP contribution in [0, 0.1) is 0 Å². The molecule has 0 radical (unpaired) electrons. The van der Waals surface area contributed by atoms with Crippen molar-refractivity contribution < 1.29 is 23.9 Å². The van der Waals surface area contributed by atoms with Gasteiger partial charge < -0.3 is 30.1 Å². The van der Waals surface area contributed by atoms with Gasteiger partial charge in [-0.05, 0) is 64.4 Å². The van der Waals surface area contributed by atoms with E-state index >= 15 is 0 Å². The van der Waals surface area contributed by atoms with Crippen LogP contribution in [0.3, 0.4) is 0 Å². The van der Waals surface area contributed by atoms with Gasteiger partial charge in [-0.3, -0.25) is 19.2 Å². The second-order valence-corrected chi connectivity index (χ2v) is 9.34. The molecule has 1 fully saturated rings. The zero-order valence-electron chi connectivity index (χ0n) is 21.5. The Kier molecular flexibility index (Phi) is 10.5. The quantitative estimate of drug-likeness (QED) is 0.537. The summed E-state index contributed by atoms with van der Waals surface area (Å²) in [7, 11) is 1.53. The molecule has 1 aromatic rings. The van der Waals surface area contributed by atoms with Gasteiger partial charge in [-0.15, -0.1) is 0 Å². The zero-order chi connectivity index (χ0) is 25.9. The molecule has 2 aliphatic heterocycles. The molecule has 4 amide bonds. The van der Waals surface area contributed by atoms with Crippen LogP contribution < -0.4 is 15.4 Å².